The molecule has 2 heteroatoms. The first-order valence-electron chi connectivity index (χ1n) is 6.15. The van der Waals surface area contributed by atoms with Gasteiger partial charge in [-0.2, -0.15) is 0 Å². The normalized spacial score (nSPS) is 12.2. The maximum Gasteiger partial charge on any atom is 0.134 e. The topological polar surface area (TPSA) is 25.2 Å². The van der Waals surface area contributed by atoms with Crippen LogP contribution in [0.25, 0.3) is 11.0 Å². The standard InChI is InChI=1S/C15H21NO/c1-11-13(9-16-10-15(2,3)4)12-7-5-6-8-14(12)17-11/h5-8,16H,9-10H2,1-4H3. The Hall–Kier alpha value is -1.28. The van der Waals surface area contributed by atoms with E-state index in [2.05, 4.69) is 38.2 Å². The number of hydrogen-bond donors (Lipinski definition) is 1. The van der Waals surface area contributed by atoms with Gasteiger partial charge < -0.3 is 9.73 Å². The van der Waals surface area contributed by atoms with Crippen molar-refractivity contribution in [2.75, 3.05) is 6.54 Å². The van der Waals surface area contributed by atoms with Crippen molar-refractivity contribution in [2.24, 2.45) is 5.41 Å². The van der Waals surface area contributed by atoms with Gasteiger partial charge >= 0.3 is 0 Å². The molecule has 0 amide bonds. The number of furan rings is 1. The third kappa shape index (κ3) is 2.89. The number of hydrogen-bond acceptors (Lipinski definition) is 2. The van der Waals surface area contributed by atoms with E-state index < -0.39 is 0 Å². The highest BCUT2D eigenvalue weighted by Crippen LogP contribution is 2.25. The predicted octanol–water partition coefficient (Wildman–Crippen LogP) is 3.88. The number of rotatable bonds is 3. The zero-order valence-electron chi connectivity index (χ0n) is 11.1. The van der Waals surface area contributed by atoms with E-state index >= 15 is 0 Å². The molecule has 0 aliphatic rings. The van der Waals surface area contributed by atoms with Crippen LogP contribution in [0.15, 0.2) is 28.7 Å². The monoisotopic (exact) mass is 231 g/mol. The Morgan fingerprint density at radius 3 is 2.59 bits per heavy atom. The summed E-state index contributed by atoms with van der Waals surface area (Å²) in [5.41, 5.74) is 2.58. The van der Waals surface area contributed by atoms with E-state index in [0.717, 1.165) is 24.4 Å². The van der Waals surface area contributed by atoms with Gasteiger partial charge in [-0.15, -0.1) is 0 Å². The second-order valence-electron chi connectivity index (χ2n) is 5.80. The molecule has 1 heterocycles. The highest BCUT2D eigenvalue weighted by atomic mass is 16.3. The Morgan fingerprint density at radius 2 is 1.88 bits per heavy atom. The van der Waals surface area contributed by atoms with Crippen LogP contribution in [-0.2, 0) is 6.54 Å². The highest BCUT2D eigenvalue weighted by Gasteiger charge is 2.12. The van der Waals surface area contributed by atoms with Crippen molar-refractivity contribution < 1.29 is 4.42 Å². The smallest absolute Gasteiger partial charge is 0.134 e. The van der Waals surface area contributed by atoms with Gasteiger partial charge in [-0.25, -0.2) is 0 Å². The fraction of sp³-hybridized carbons (Fsp3) is 0.467. The van der Waals surface area contributed by atoms with Gasteiger partial charge in [0.2, 0.25) is 0 Å². The molecule has 1 aromatic carbocycles. The average Bonchev–Trinajstić information content (AvgIpc) is 2.54. The third-order valence-corrected chi connectivity index (χ3v) is 2.86. The highest BCUT2D eigenvalue weighted by molar-refractivity contribution is 5.82. The van der Waals surface area contributed by atoms with Crippen molar-refractivity contribution in [2.45, 2.75) is 34.2 Å². The maximum absolute atomic E-state index is 5.74. The summed E-state index contributed by atoms with van der Waals surface area (Å²) >= 11 is 0. The summed E-state index contributed by atoms with van der Waals surface area (Å²) in [6.07, 6.45) is 0. The number of para-hydroxylation sites is 1. The van der Waals surface area contributed by atoms with Crippen LogP contribution >= 0.6 is 0 Å². The van der Waals surface area contributed by atoms with Crippen molar-refractivity contribution >= 4 is 11.0 Å². The van der Waals surface area contributed by atoms with Crippen molar-refractivity contribution in [1.82, 2.24) is 5.32 Å². The van der Waals surface area contributed by atoms with E-state index in [1.165, 1.54) is 10.9 Å². The first-order valence-corrected chi connectivity index (χ1v) is 6.15. The minimum atomic E-state index is 0.313. The molecule has 0 atom stereocenters. The van der Waals surface area contributed by atoms with E-state index in [-0.39, 0.29) is 0 Å². The van der Waals surface area contributed by atoms with Gasteiger partial charge in [0.1, 0.15) is 11.3 Å². The average molecular weight is 231 g/mol. The first kappa shape index (κ1) is 12.2. The molecule has 0 saturated heterocycles. The van der Waals surface area contributed by atoms with E-state index in [9.17, 15) is 0 Å². The molecule has 0 aliphatic carbocycles. The minimum absolute atomic E-state index is 0.313. The largest absolute Gasteiger partial charge is 0.461 e. The predicted molar refractivity (Wildman–Crippen MR) is 72.1 cm³/mol. The van der Waals surface area contributed by atoms with Crippen molar-refractivity contribution in [3.63, 3.8) is 0 Å². The Kier molecular flexibility index (Phi) is 3.25. The fourth-order valence-electron chi connectivity index (χ4n) is 2.00. The molecule has 2 aromatic rings. The molecular formula is C15H21NO. The second-order valence-corrected chi connectivity index (χ2v) is 5.80. The van der Waals surface area contributed by atoms with Crippen molar-refractivity contribution in [3.05, 3.63) is 35.6 Å². The minimum Gasteiger partial charge on any atom is -0.461 e. The molecule has 0 aliphatic heterocycles. The second kappa shape index (κ2) is 4.53. The van der Waals surface area contributed by atoms with Gasteiger partial charge in [0.15, 0.2) is 0 Å². The van der Waals surface area contributed by atoms with Crippen LogP contribution in [0.4, 0.5) is 0 Å². The molecule has 0 spiro atoms. The molecular weight excluding hydrogens is 210 g/mol. The quantitative estimate of drug-likeness (QED) is 0.867. The zero-order valence-corrected chi connectivity index (χ0v) is 11.1. The molecule has 17 heavy (non-hydrogen) atoms. The molecule has 0 unspecified atom stereocenters. The lowest BCUT2D eigenvalue weighted by Gasteiger charge is -2.18. The zero-order chi connectivity index (χ0) is 12.5. The van der Waals surface area contributed by atoms with Crippen LogP contribution in [0.1, 0.15) is 32.1 Å². The lowest BCUT2D eigenvalue weighted by Crippen LogP contribution is -2.26. The number of nitrogens with one attached hydrogen (secondary N) is 1. The Labute approximate surface area is 103 Å². The van der Waals surface area contributed by atoms with Crippen LogP contribution in [0.3, 0.4) is 0 Å². The fourth-order valence-corrected chi connectivity index (χ4v) is 2.00. The molecule has 2 nitrogen and oxygen atoms in total. The molecule has 0 saturated carbocycles. The summed E-state index contributed by atoms with van der Waals surface area (Å²) in [6, 6.07) is 8.22. The molecule has 2 rings (SSSR count). The van der Waals surface area contributed by atoms with Crippen molar-refractivity contribution in [1.29, 1.82) is 0 Å². The lowest BCUT2D eigenvalue weighted by atomic mass is 9.97. The van der Waals surface area contributed by atoms with Crippen LogP contribution < -0.4 is 5.32 Å². The van der Waals surface area contributed by atoms with Gasteiger partial charge in [0.05, 0.1) is 0 Å². The van der Waals surface area contributed by atoms with Crippen LogP contribution in [0.2, 0.25) is 0 Å². The van der Waals surface area contributed by atoms with Crippen molar-refractivity contribution in [3.8, 4) is 0 Å². The molecule has 0 fully saturated rings. The Balaban J connectivity index is 2.15. The lowest BCUT2D eigenvalue weighted by molar-refractivity contribution is 0.378. The molecule has 92 valence electrons. The first-order chi connectivity index (χ1) is 7.97. The summed E-state index contributed by atoms with van der Waals surface area (Å²) in [4.78, 5) is 0. The van der Waals surface area contributed by atoms with E-state index in [4.69, 9.17) is 4.42 Å². The molecule has 1 aromatic heterocycles. The van der Waals surface area contributed by atoms with E-state index in [1.54, 1.807) is 0 Å². The van der Waals surface area contributed by atoms with Crippen LogP contribution in [0.5, 0.6) is 0 Å². The van der Waals surface area contributed by atoms with Gasteiger partial charge in [-0.1, -0.05) is 39.0 Å². The van der Waals surface area contributed by atoms with Gasteiger partial charge in [0.25, 0.3) is 0 Å². The summed E-state index contributed by atoms with van der Waals surface area (Å²) < 4.78 is 5.74. The molecule has 0 bridgehead atoms. The third-order valence-electron chi connectivity index (χ3n) is 2.86. The maximum atomic E-state index is 5.74. The van der Waals surface area contributed by atoms with Gasteiger partial charge in [-0.3, -0.25) is 0 Å². The number of benzene rings is 1. The molecule has 1 N–H and O–H groups in total. The number of aryl methyl sites for hydroxylation is 1. The number of fused-ring (bicyclic) bond motifs is 1. The van der Waals surface area contributed by atoms with Crippen LogP contribution in [0, 0.1) is 12.3 Å². The van der Waals surface area contributed by atoms with Crippen LogP contribution in [-0.4, -0.2) is 6.54 Å². The van der Waals surface area contributed by atoms with Gasteiger partial charge in [-0.05, 0) is 18.4 Å². The van der Waals surface area contributed by atoms with E-state index in [0.29, 0.717) is 5.41 Å². The SMILES string of the molecule is Cc1oc2ccccc2c1CNCC(C)(C)C. The Bertz CT molecular complexity index is 505. The summed E-state index contributed by atoms with van der Waals surface area (Å²) in [7, 11) is 0. The summed E-state index contributed by atoms with van der Waals surface area (Å²) in [5.74, 6) is 1.02. The Morgan fingerprint density at radius 1 is 1.18 bits per heavy atom. The van der Waals surface area contributed by atoms with Gasteiger partial charge in [0, 0.05) is 24.0 Å². The summed E-state index contributed by atoms with van der Waals surface area (Å²) in [6.45, 7) is 10.6. The van der Waals surface area contributed by atoms with E-state index in [1.807, 2.05) is 19.1 Å². The molecule has 0 radical (unpaired) electrons. The summed E-state index contributed by atoms with van der Waals surface area (Å²) in [5, 5.41) is 4.73.